The van der Waals surface area contributed by atoms with Crippen molar-refractivity contribution in [1.29, 1.82) is 0 Å². The number of aliphatic imine (C=N–C) groups is 2. The SMILES string of the molecule is CCCN/C(C)=C/N=C1N=C(Nc2ccc(Cl)cc2Cl)S1. The summed E-state index contributed by atoms with van der Waals surface area (Å²) < 4.78 is 0. The van der Waals surface area contributed by atoms with Crippen LogP contribution in [0.4, 0.5) is 5.69 Å². The van der Waals surface area contributed by atoms with E-state index in [0.29, 0.717) is 10.0 Å². The second-order valence-electron chi connectivity index (χ2n) is 4.42. The van der Waals surface area contributed by atoms with Gasteiger partial charge in [0.25, 0.3) is 0 Å². The molecule has 1 aromatic carbocycles. The highest BCUT2D eigenvalue weighted by Crippen LogP contribution is 2.29. The molecule has 0 bridgehead atoms. The minimum absolute atomic E-state index is 0.565. The first-order valence-corrected chi connectivity index (χ1v) is 8.13. The number of allylic oxidation sites excluding steroid dienone is 1. The first-order valence-electron chi connectivity index (χ1n) is 6.55. The van der Waals surface area contributed by atoms with Crippen molar-refractivity contribution >= 4 is 51.0 Å². The maximum Gasteiger partial charge on any atom is 0.197 e. The molecule has 21 heavy (non-hydrogen) atoms. The van der Waals surface area contributed by atoms with Gasteiger partial charge in [-0.05, 0) is 43.3 Å². The Labute approximate surface area is 138 Å². The maximum atomic E-state index is 6.08. The van der Waals surface area contributed by atoms with Crippen LogP contribution < -0.4 is 10.6 Å². The predicted molar refractivity (Wildman–Crippen MR) is 94.6 cm³/mol. The number of benzene rings is 1. The van der Waals surface area contributed by atoms with Crippen molar-refractivity contribution in [3.8, 4) is 0 Å². The molecular weight excluding hydrogens is 327 g/mol. The molecule has 7 heteroatoms. The molecular formula is C14H16Cl2N4S. The zero-order chi connectivity index (χ0) is 15.2. The summed E-state index contributed by atoms with van der Waals surface area (Å²) in [7, 11) is 0. The van der Waals surface area contributed by atoms with Gasteiger partial charge in [0.15, 0.2) is 10.3 Å². The number of nitrogens with zero attached hydrogens (tertiary/aromatic N) is 2. The minimum atomic E-state index is 0.565. The van der Waals surface area contributed by atoms with Crippen molar-refractivity contribution in [2.45, 2.75) is 20.3 Å². The molecule has 0 amide bonds. The van der Waals surface area contributed by atoms with Crippen LogP contribution >= 0.6 is 35.0 Å². The number of hydrogen-bond acceptors (Lipinski definition) is 4. The molecule has 2 rings (SSSR count). The Kier molecular flexibility index (Phi) is 5.96. The van der Waals surface area contributed by atoms with Crippen molar-refractivity contribution in [1.82, 2.24) is 5.32 Å². The van der Waals surface area contributed by atoms with Crippen LogP contribution in [0.5, 0.6) is 0 Å². The Hall–Kier alpha value is -1.17. The van der Waals surface area contributed by atoms with E-state index >= 15 is 0 Å². The average Bonchev–Trinajstić information content (AvgIpc) is 2.41. The lowest BCUT2D eigenvalue weighted by molar-refractivity contribution is 0.767. The number of rotatable bonds is 5. The lowest BCUT2D eigenvalue weighted by Crippen LogP contribution is -2.19. The number of anilines is 1. The summed E-state index contributed by atoms with van der Waals surface area (Å²) in [6.45, 7) is 5.06. The molecule has 1 heterocycles. The molecule has 0 aromatic heterocycles. The fraction of sp³-hybridized carbons (Fsp3) is 0.286. The molecule has 1 aliphatic rings. The standard InChI is InChI=1S/C14H16Cl2N4S/c1-3-6-17-9(2)8-18-13-20-14(21-13)19-12-5-4-10(15)7-11(12)16/h4-5,7-8,17H,3,6H2,1-2H3,(H,18,19,20)/b9-8+. The second kappa shape index (κ2) is 7.73. The van der Waals surface area contributed by atoms with Crippen LogP contribution in [-0.4, -0.2) is 16.9 Å². The van der Waals surface area contributed by atoms with E-state index in [1.165, 1.54) is 11.8 Å². The van der Waals surface area contributed by atoms with Gasteiger partial charge in [-0.15, -0.1) is 0 Å². The lowest BCUT2D eigenvalue weighted by Gasteiger charge is -2.16. The van der Waals surface area contributed by atoms with Crippen LogP contribution in [0.1, 0.15) is 20.3 Å². The molecule has 4 nitrogen and oxygen atoms in total. The molecule has 0 aliphatic carbocycles. The number of halogens is 2. The van der Waals surface area contributed by atoms with Gasteiger partial charge in [-0.2, -0.15) is 4.99 Å². The summed E-state index contributed by atoms with van der Waals surface area (Å²) in [5, 5.41) is 9.05. The summed E-state index contributed by atoms with van der Waals surface area (Å²) in [6, 6.07) is 5.29. The summed E-state index contributed by atoms with van der Waals surface area (Å²) >= 11 is 13.4. The molecule has 0 saturated carbocycles. The first-order chi connectivity index (χ1) is 10.1. The topological polar surface area (TPSA) is 48.8 Å². The third kappa shape index (κ3) is 4.95. The van der Waals surface area contributed by atoms with Crippen molar-refractivity contribution in [3.63, 3.8) is 0 Å². The van der Waals surface area contributed by atoms with Gasteiger partial charge in [-0.25, -0.2) is 4.99 Å². The van der Waals surface area contributed by atoms with E-state index in [1.54, 1.807) is 18.3 Å². The van der Waals surface area contributed by atoms with Gasteiger partial charge in [0.2, 0.25) is 0 Å². The van der Waals surface area contributed by atoms with Gasteiger partial charge in [-0.3, -0.25) is 0 Å². The quantitative estimate of drug-likeness (QED) is 0.813. The first kappa shape index (κ1) is 16.2. The summed E-state index contributed by atoms with van der Waals surface area (Å²) in [5.41, 5.74) is 1.81. The van der Waals surface area contributed by atoms with Crippen molar-refractivity contribution < 1.29 is 0 Å². The molecule has 1 aromatic rings. The molecule has 0 spiro atoms. The smallest absolute Gasteiger partial charge is 0.197 e. The molecule has 0 unspecified atom stereocenters. The van der Waals surface area contributed by atoms with E-state index in [9.17, 15) is 0 Å². The third-order valence-corrected chi connectivity index (χ3v) is 3.89. The molecule has 0 atom stereocenters. The maximum absolute atomic E-state index is 6.08. The van der Waals surface area contributed by atoms with E-state index in [2.05, 4.69) is 27.5 Å². The molecule has 0 radical (unpaired) electrons. The van der Waals surface area contributed by atoms with E-state index < -0.39 is 0 Å². The van der Waals surface area contributed by atoms with Gasteiger partial charge in [0, 0.05) is 23.5 Å². The summed E-state index contributed by atoms with van der Waals surface area (Å²) in [5.74, 6) is 0. The highest BCUT2D eigenvalue weighted by molar-refractivity contribution is 8.29. The molecule has 0 saturated heterocycles. The van der Waals surface area contributed by atoms with E-state index in [1.807, 2.05) is 13.0 Å². The second-order valence-corrected chi connectivity index (χ2v) is 6.22. The van der Waals surface area contributed by atoms with Gasteiger partial charge in [0.05, 0.1) is 10.7 Å². The normalized spacial score (nSPS) is 16.5. The summed E-state index contributed by atoms with van der Waals surface area (Å²) in [6.07, 6.45) is 2.87. The molecule has 0 fully saturated rings. The Morgan fingerprint density at radius 1 is 1.43 bits per heavy atom. The van der Waals surface area contributed by atoms with Gasteiger partial charge in [-0.1, -0.05) is 30.1 Å². The minimum Gasteiger partial charge on any atom is -0.387 e. The summed E-state index contributed by atoms with van der Waals surface area (Å²) in [4.78, 5) is 8.57. The average molecular weight is 343 g/mol. The highest BCUT2D eigenvalue weighted by Gasteiger charge is 2.17. The van der Waals surface area contributed by atoms with Crippen molar-refractivity contribution in [2.24, 2.45) is 9.98 Å². The zero-order valence-electron chi connectivity index (χ0n) is 11.8. The van der Waals surface area contributed by atoms with Crippen LogP contribution in [0, 0.1) is 0 Å². The molecule has 2 N–H and O–H groups in total. The monoisotopic (exact) mass is 342 g/mol. The predicted octanol–water partition coefficient (Wildman–Crippen LogP) is 4.73. The lowest BCUT2D eigenvalue weighted by atomic mass is 10.3. The third-order valence-electron chi connectivity index (χ3n) is 2.58. The van der Waals surface area contributed by atoms with Crippen LogP contribution in [0.25, 0.3) is 0 Å². The molecule has 1 aliphatic heterocycles. The largest absolute Gasteiger partial charge is 0.387 e. The number of thioether (sulfide) groups is 1. The van der Waals surface area contributed by atoms with Gasteiger partial charge >= 0.3 is 0 Å². The Bertz CT molecular complexity index is 611. The fourth-order valence-electron chi connectivity index (χ4n) is 1.51. The van der Waals surface area contributed by atoms with Crippen LogP contribution in [0.15, 0.2) is 40.1 Å². The number of nitrogens with one attached hydrogen (secondary N) is 2. The Morgan fingerprint density at radius 3 is 2.86 bits per heavy atom. The van der Waals surface area contributed by atoms with Gasteiger partial charge < -0.3 is 10.6 Å². The highest BCUT2D eigenvalue weighted by atomic mass is 35.5. The molecule has 112 valence electrons. The van der Waals surface area contributed by atoms with Gasteiger partial charge in [0.1, 0.15) is 0 Å². The van der Waals surface area contributed by atoms with Crippen LogP contribution in [-0.2, 0) is 0 Å². The number of hydrogen-bond donors (Lipinski definition) is 2. The zero-order valence-corrected chi connectivity index (χ0v) is 14.1. The Morgan fingerprint density at radius 2 is 2.19 bits per heavy atom. The van der Waals surface area contributed by atoms with Crippen molar-refractivity contribution in [2.75, 3.05) is 11.9 Å². The number of amidine groups is 2. The van der Waals surface area contributed by atoms with Crippen LogP contribution in [0.3, 0.4) is 0 Å². The van der Waals surface area contributed by atoms with E-state index in [0.717, 1.165) is 34.7 Å². The van der Waals surface area contributed by atoms with Crippen molar-refractivity contribution in [3.05, 3.63) is 40.1 Å². The Balaban J connectivity index is 1.91. The van der Waals surface area contributed by atoms with E-state index in [4.69, 9.17) is 23.2 Å². The fourth-order valence-corrected chi connectivity index (χ4v) is 2.55. The van der Waals surface area contributed by atoms with Crippen LogP contribution in [0.2, 0.25) is 10.0 Å². The van der Waals surface area contributed by atoms with E-state index in [-0.39, 0.29) is 0 Å².